The quantitative estimate of drug-likeness (QED) is 0.698. The van der Waals surface area contributed by atoms with E-state index in [0.717, 1.165) is 16.5 Å². The molecule has 0 aliphatic carbocycles. The van der Waals surface area contributed by atoms with E-state index >= 15 is 0 Å². The van der Waals surface area contributed by atoms with E-state index in [9.17, 15) is 5.11 Å². The lowest BCUT2D eigenvalue weighted by atomic mass is 10.1. The van der Waals surface area contributed by atoms with Crippen molar-refractivity contribution in [3.63, 3.8) is 0 Å². The Hall–Kier alpha value is -3.06. The Morgan fingerprint density at radius 2 is 2.05 bits per heavy atom. The van der Waals surface area contributed by atoms with Gasteiger partial charge in [0.05, 0.1) is 16.8 Å². The molecule has 1 aromatic heterocycles. The molecule has 2 aromatic carbocycles. The molecule has 1 heterocycles. The highest BCUT2D eigenvalue weighted by molar-refractivity contribution is 6.02. The van der Waals surface area contributed by atoms with Gasteiger partial charge in [-0.1, -0.05) is 23.8 Å². The number of hydrogen-bond donors (Lipinski definition) is 2. The third kappa shape index (κ3) is 2.37. The van der Waals surface area contributed by atoms with E-state index in [2.05, 4.69) is 16.0 Å². The number of nitriles is 1. The Balaban J connectivity index is 2.09. The van der Waals surface area contributed by atoms with E-state index < -0.39 is 0 Å². The molecule has 0 atom stereocenters. The van der Waals surface area contributed by atoms with Gasteiger partial charge in [-0.05, 0) is 31.2 Å². The highest BCUT2D eigenvalue weighted by Gasteiger charge is 2.09. The summed E-state index contributed by atoms with van der Waals surface area (Å²) in [6.07, 6.45) is 1.59. The average molecular weight is 275 g/mol. The first-order valence-electron chi connectivity index (χ1n) is 6.53. The molecule has 2 N–H and O–H groups in total. The van der Waals surface area contributed by atoms with Crippen LogP contribution >= 0.6 is 0 Å². The fraction of sp³-hybridized carbons (Fsp3) is 0.0588. The smallest absolute Gasteiger partial charge is 0.198 e. The van der Waals surface area contributed by atoms with Crippen LogP contribution in [0.25, 0.3) is 10.9 Å². The topological polar surface area (TPSA) is 72.2 Å². The molecule has 4 nitrogen and oxygen atoms in total. The first-order valence-corrected chi connectivity index (χ1v) is 6.53. The van der Waals surface area contributed by atoms with E-state index in [0.29, 0.717) is 16.8 Å². The van der Waals surface area contributed by atoms with Crippen molar-refractivity contribution in [2.45, 2.75) is 6.92 Å². The van der Waals surface area contributed by atoms with E-state index in [4.69, 9.17) is 5.26 Å². The zero-order chi connectivity index (χ0) is 14.8. The summed E-state index contributed by atoms with van der Waals surface area (Å²) in [6, 6.07) is 15.1. The van der Waals surface area contributed by atoms with Crippen molar-refractivity contribution in [1.29, 1.82) is 5.26 Å². The predicted octanol–water partition coefficient (Wildman–Crippen LogP) is 3.80. The first kappa shape index (κ1) is 12.9. The van der Waals surface area contributed by atoms with Gasteiger partial charge in [-0.3, -0.25) is 4.99 Å². The van der Waals surface area contributed by atoms with Gasteiger partial charge < -0.3 is 10.1 Å². The van der Waals surface area contributed by atoms with Crippen LogP contribution in [0.15, 0.2) is 47.5 Å². The standard InChI is InChI=1S/C17H13N3O/c1-11-6-7-16-13(8-11)14(17(21)20-16)10-19-15-5-3-2-4-12(15)9-18/h2-8,10,20-21H,1H3. The van der Waals surface area contributed by atoms with E-state index in [1.807, 2.05) is 31.2 Å². The number of H-pyrrole nitrogens is 1. The summed E-state index contributed by atoms with van der Waals surface area (Å²) in [7, 11) is 0. The van der Waals surface area contributed by atoms with Gasteiger partial charge in [0.1, 0.15) is 6.07 Å². The average Bonchev–Trinajstić information content (AvgIpc) is 2.80. The van der Waals surface area contributed by atoms with Crippen LogP contribution < -0.4 is 0 Å². The molecule has 0 radical (unpaired) electrons. The lowest BCUT2D eigenvalue weighted by Gasteiger charge is -1.97. The highest BCUT2D eigenvalue weighted by atomic mass is 16.3. The monoisotopic (exact) mass is 275 g/mol. The molecule has 0 spiro atoms. The minimum Gasteiger partial charge on any atom is -0.494 e. The molecule has 0 saturated carbocycles. The van der Waals surface area contributed by atoms with Crippen molar-refractivity contribution < 1.29 is 5.11 Å². The van der Waals surface area contributed by atoms with Crippen LogP contribution in [-0.2, 0) is 0 Å². The molecular formula is C17H13N3O. The largest absolute Gasteiger partial charge is 0.494 e. The second kappa shape index (κ2) is 5.14. The Morgan fingerprint density at radius 1 is 1.24 bits per heavy atom. The summed E-state index contributed by atoms with van der Waals surface area (Å²) in [4.78, 5) is 7.25. The number of hydrogen-bond acceptors (Lipinski definition) is 3. The van der Waals surface area contributed by atoms with Gasteiger partial charge in [-0.15, -0.1) is 0 Å². The van der Waals surface area contributed by atoms with Gasteiger partial charge in [0, 0.05) is 17.1 Å². The maximum atomic E-state index is 10.0. The molecule has 0 bridgehead atoms. The summed E-state index contributed by atoms with van der Waals surface area (Å²) in [5, 5.41) is 20.0. The number of aromatic hydroxyl groups is 1. The molecule has 0 unspecified atom stereocenters. The zero-order valence-electron chi connectivity index (χ0n) is 11.5. The normalized spacial score (nSPS) is 11.0. The fourth-order valence-corrected chi connectivity index (χ4v) is 2.26. The molecule has 3 rings (SSSR count). The van der Waals surface area contributed by atoms with E-state index in [1.54, 1.807) is 24.4 Å². The summed E-state index contributed by atoms with van der Waals surface area (Å²) >= 11 is 0. The first-order chi connectivity index (χ1) is 10.2. The van der Waals surface area contributed by atoms with Gasteiger partial charge >= 0.3 is 0 Å². The minimum absolute atomic E-state index is 0.0776. The fourth-order valence-electron chi connectivity index (χ4n) is 2.26. The van der Waals surface area contributed by atoms with Crippen LogP contribution in [0.3, 0.4) is 0 Å². The van der Waals surface area contributed by atoms with Gasteiger partial charge in [-0.2, -0.15) is 5.26 Å². The Kier molecular flexibility index (Phi) is 3.17. The molecule has 4 heteroatoms. The Bertz CT molecular complexity index is 885. The number of aliphatic imine (C=N–C) groups is 1. The lowest BCUT2D eigenvalue weighted by molar-refractivity contribution is 0.457. The van der Waals surface area contributed by atoms with Crippen LogP contribution in [0.4, 0.5) is 5.69 Å². The molecular weight excluding hydrogens is 262 g/mol. The van der Waals surface area contributed by atoms with Crippen molar-refractivity contribution in [2.75, 3.05) is 0 Å². The lowest BCUT2D eigenvalue weighted by Crippen LogP contribution is -1.81. The van der Waals surface area contributed by atoms with Crippen LogP contribution in [0.1, 0.15) is 16.7 Å². The van der Waals surface area contributed by atoms with Crippen LogP contribution in [0.5, 0.6) is 5.88 Å². The molecule has 0 fully saturated rings. The van der Waals surface area contributed by atoms with Gasteiger partial charge in [0.2, 0.25) is 0 Å². The van der Waals surface area contributed by atoms with Crippen LogP contribution in [0, 0.1) is 18.3 Å². The van der Waals surface area contributed by atoms with E-state index in [1.165, 1.54) is 0 Å². The van der Waals surface area contributed by atoms with Crippen molar-refractivity contribution >= 4 is 22.8 Å². The molecule has 3 aromatic rings. The summed E-state index contributed by atoms with van der Waals surface area (Å²) in [5.41, 5.74) is 3.67. The summed E-state index contributed by atoms with van der Waals surface area (Å²) in [6.45, 7) is 2.00. The van der Waals surface area contributed by atoms with Crippen LogP contribution in [0.2, 0.25) is 0 Å². The number of aromatic nitrogens is 1. The van der Waals surface area contributed by atoms with Crippen molar-refractivity contribution in [1.82, 2.24) is 4.98 Å². The molecule has 21 heavy (non-hydrogen) atoms. The Morgan fingerprint density at radius 3 is 2.86 bits per heavy atom. The van der Waals surface area contributed by atoms with Gasteiger partial charge in [0.25, 0.3) is 0 Å². The van der Waals surface area contributed by atoms with Crippen molar-refractivity contribution in [3.05, 3.63) is 59.2 Å². The van der Waals surface area contributed by atoms with Crippen molar-refractivity contribution in [2.24, 2.45) is 4.99 Å². The number of fused-ring (bicyclic) bond motifs is 1. The molecule has 0 aliphatic heterocycles. The maximum Gasteiger partial charge on any atom is 0.198 e. The van der Waals surface area contributed by atoms with Gasteiger partial charge in [-0.25, -0.2) is 0 Å². The van der Waals surface area contributed by atoms with Gasteiger partial charge in [0.15, 0.2) is 5.88 Å². The summed E-state index contributed by atoms with van der Waals surface area (Å²) in [5.74, 6) is 0.0776. The number of aryl methyl sites for hydroxylation is 1. The second-order valence-electron chi connectivity index (χ2n) is 4.82. The number of benzene rings is 2. The third-order valence-electron chi connectivity index (χ3n) is 3.33. The number of nitrogens with zero attached hydrogens (tertiary/aromatic N) is 2. The SMILES string of the molecule is Cc1ccc2[nH]c(O)c(C=Nc3ccccc3C#N)c2c1. The minimum atomic E-state index is 0.0776. The highest BCUT2D eigenvalue weighted by Crippen LogP contribution is 2.27. The third-order valence-corrected chi connectivity index (χ3v) is 3.33. The summed E-state index contributed by atoms with van der Waals surface area (Å²) < 4.78 is 0. The van der Waals surface area contributed by atoms with Crippen molar-refractivity contribution in [3.8, 4) is 11.9 Å². The number of nitrogens with one attached hydrogen (secondary N) is 1. The number of rotatable bonds is 2. The number of aromatic amines is 1. The number of para-hydroxylation sites is 1. The zero-order valence-corrected chi connectivity index (χ0v) is 11.5. The second-order valence-corrected chi connectivity index (χ2v) is 4.82. The van der Waals surface area contributed by atoms with Crippen LogP contribution in [-0.4, -0.2) is 16.3 Å². The van der Waals surface area contributed by atoms with E-state index in [-0.39, 0.29) is 5.88 Å². The molecule has 0 amide bonds. The molecule has 102 valence electrons. The molecule has 0 saturated heterocycles. The molecule has 0 aliphatic rings. The predicted molar refractivity (Wildman–Crippen MR) is 83.1 cm³/mol. The Labute approximate surface area is 122 Å². The maximum absolute atomic E-state index is 10.0.